The second-order valence-corrected chi connectivity index (χ2v) is 8.42. The summed E-state index contributed by atoms with van der Waals surface area (Å²) >= 11 is 6.68. The van der Waals surface area contributed by atoms with Gasteiger partial charge in [0, 0.05) is 40.2 Å². The minimum Gasteiger partial charge on any atom is -0.340 e. The fraction of sp³-hybridized carbons (Fsp3) is 0.300. The number of halogens is 3. The van der Waals surface area contributed by atoms with E-state index in [1.54, 1.807) is 36.2 Å². The molecule has 1 unspecified atom stereocenters. The van der Waals surface area contributed by atoms with Crippen molar-refractivity contribution in [2.24, 2.45) is 0 Å². The molecule has 1 atom stereocenters. The number of carbonyl (C=O) groups excluding carboxylic acids is 2. The molecule has 0 aliphatic carbocycles. The molecular weight excluding hydrogens is 479 g/mol. The Morgan fingerprint density at radius 1 is 1.15 bits per heavy atom. The Hall–Kier alpha value is -1.73. The summed E-state index contributed by atoms with van der Waals surface area (Å²) in [5.41, 5.74) is 0.989. The maximum Gasteiger partial charge on any atom is 0.254 e. The van der Waals surface area contributed by atoms with Crippen molar-refractivity contribution in [1.82, 2.24) is 9.80 Å². The van der Waals surface area contributed by atoms with Crippen LogP contribution in [0.3, 0.4) is 0 Å². The lowest BCUT2D eigenvalue weighted by Crippen LogP contribution is -2.46. The highest BCUT2D eigenvalue weighted by Crippen LogP contribution is 2.24. The van der Waals surface area contributed by atoms with Crippen molar-refractivity contribution < 1.29 is 14.0 Å². The summed E-state index contributed by atoms with van der Waals surface area (Å²) < 4.78 is 15.7. The number of benzene rings is 2. The quantitative estimate of drug-likeness (QED) is 0.618. The molecule has 0 bridgehead atoms. The molecule has 0 saturated carbocycles. The van der Waals surface area contributed by atoms with Gasteiger partial charge in [0.2, 0.25) is 5.91 Å². The molecule has 1 saturated heterocycles. The van der Waals surface area contributed by atoms with Gasteiger partial charge in [0.1, 0.15) is 11.9 Å². The first-order chi connectivity index (χ1) is 12.9. The molecule has 4 nitrogen and oxygen atoms in total. The molecule has 7 heteroatoms. The zero-order chi connectivity index (χ0) is 19.6. The number of carbonyl (C=O) groups is 2. The number of hydrogen-bond acceptors (Lipinski definition) is 2. The summed E-state index contributed by atoms with van der Waals surface area (Å²) in [6.45, 7) is 0.700. The lowest BCUT2D eigenvalue weighted by molar-refractivity contribution is -0.134. The van der Waals surface area contributed by atoms with E-state index in [-0.39, 0.29) is 24.2 Å². The Labute approximate surface area is 174 Å². The summed E-state index contributed by atoms with van der Waals surface area (Å²) in [4.78, 5) is 28.9. The van der Waals surface area contributed by atoms with E-state index in [2.05, 4.69) is 31.9 Å². The van der Waals surface area contributed by atoms with Crippen LogP contribution < -0.4 is 0 Å². The molecule has 2 aromatic carbocycles. The minimum atomic E-state index is -0.513. The molecule has 27 heavy (non-hydrogen) atoms. The fourth-order valence-corrected chi connectivity index (χ4v) is 3.95. The zero-order valence-electron chi connectivity index (χ0n) is 14.8. The Bertz CT molecular complexity index is 858. The van der Waals surface area contributed by atoms with Gasteiger partial charge in [-0.2, -0.15) is 0 Å². The summed E-state index contributed by atoms with van der Waals surface area (Å²) in [5, 5.41) is 0. The van der Waals surface area contributed by atoms with Crippen molar-refractivity contribution in [3.05, 3.63) is 68.4 Å². The largest absolute Gasteiger partial charge is 0.340 e. The zero-order valence-corrected chi connectivity index (χ0v) is 18.0. The van der Waals surface area contributed by atoms with Crippen LogP contribution in [0.15, 0.2) is 51.4 Å². The lowest BCUT2D eigenvalue weighted by Gasteiger charge is -2.28. The Kier molecular flexibility index (Phi) is 6.32. The highest BCUT2D eigenvalue weighted by molar-refractivity contribution is 9.10. The molecule has 142 valence electrons. The number of nitrogens with zero attached hydrogens (tertiary/aromatic N) is 2. The summed E-state index contributed by atoms with van der Waals surface area (Å²) in [5.74, 6) is -0.676. The summed E-state index contributed by atoms with van der Waals surface area (Å²) in [6.07, 6.45) is 1.39. The van der Waals surface area contributed by atoms with Crippen molar-refractivity contribution in [3.63, 3.8) is 0 Å². The Morgan fingerprint density at radius 3 is 2.52 bits per heavy atom. The number of rotatable bonds is 4. The van der Waals surface area contributed by atoms with Gasteiger partial charge in [-0.3, -0.25) is 9.59 Å². The predicted octanol–water partition coefficient (Wildman–Crippen LogP) is 4.61. The lowest BCUT2D eigenvalue weighted by atomic mass is 10.1. The molecule has 1 aliphatic heterocycles. The number of likely N-dealkylation sites (N-methyl/N-ethyl adjacent to an activating group) is 1. The van der Waals surface area contributed by atoms with Crippen molar-refractivity contribution in [2.75, 3.05) is 13.6 Å². The van der Waals surface area contributed by atoms with Gasteiger partial charge in [0.05, 0.1) is 0 Å². The smallest absolute Gasteiger partial charge is 0.254 e. The Morgan fingerprint density at radius 2 is 1.81 bits per heavy atom. The monoisotopic (exact) mass is 496 g/mol. The topological polar surface area (TPSA) is 40.6 Å². The van der Waals surface area contributed by atoms with Crippen LogP contribution in [-0.4, -0.2) is 41.2 Å². The van der Waals surface area contributed by atoms with Crippen LogP contribution in [-0.2, 0) is 11.3 Å². The van der Waals surface area contributed by atoms with E-state index in [0.717, 1.165) is 15.4 Å². The van der Waals surface area contributed by atoms with Crippen LogP contribution in [0.5, 0.6) is 0 Å². The molecule has 1 aliphatic rings. The molecule has 2 aromatic rings. The number of amides is 2. The average Bonchev–Trinajstić information content (AvgIpc) is 3.13. The van der Waals surface area contributed by atoms with Crippen LogP contribution in [0.1, 0.15) is 28.8 Å². The normalized spacial score (nSPS) is 16.4. The van der Waals surface area contributed by atoms with E-state index in [1.807, 2.05) is 12.1 Å². The molecule has 0 spiro atoms. The van der Waals surface area contributed by atoms with Gasteiger partial charge in [0.15, 0.2) is 0 Å². The van der Waals surface area contributed by atoms with Gasteiger partial charge < -0.3 is 9.80 Å². The van der Waals surface area contributed by atoms with Crippen LogP contribution in [0.25, 0.3) is 0 Å². The first-order valence-corrected chi connectivity index (χ1v) is 10.2. The summed E-state index contributed by atoms with van der Waals surface area (Å²) in [6, 6.07) is 11.2. The molecule has 3 rings (SSSR count). The van der Waals surface area contributed by atoms with E-state index in [0.29, 0.717) is 24.1 Å². The number of hydrogen-bond donors (Lipinski definition) is 0. The molecule has 2 amide bonds. The predicted molar refractivity (Wildman–Crippen MR) is 109 cm³/mol. The number of likely N-dealkylation sites (tertiary alicyclic amines) is 1. The van der Waals surface area contributed by atoms with Crippen LogP contribution in [0.2, 0.25) is 0 Å². The SMILES string of the molecule is CN(Cc1cc(Br)ccc1F)C(=O)C1CCCN1C(=O)c1ccc(Br)cc1. The first kappa shape index (κ1) is 20.0. The second kappa shape index (κ2) is 8.52. The molecular formula is C20H19Br2FN2O2. The standard InChI is InChI=1S/C20H19Br2FN2O2/c1-24(12-14-11-16(22)8-9-17(14)23)20(27)18-3-2-10-25(18)19(26)13-4-6-15(21)7-5-13/h4-9,11,18H,2-3,10,12H2,1H3. The van der Waals surface area contributed by atoms with E-state index in [1.165, 1.54) is 11.0 Å². The average molecular weight is 498 g/mol. The molecule has 0 aromatic heterocycles. The van der Waals surface area contributed by atoms with E-state index >= 15 is 0 Å². The third kappa shape index (κ3) is 4.58. The summed E-state index contributed by atoms with van der Waals surface area (Å²) in [7, 11) is 1.64. The van der Waals surface area contributed by atoms with Crippen molar-refractivity contribution in [1.29, 1.82) is 0 Å². The van der Waals surface area contributed by atoms with Gasteiger partial charge in [-0.05, 0) is 55.3 Å². The van der Waals surface area contributed by atoms with E-state index in [9.17, 15) is 14.0 Å². The second-order valence-electron chi connectivity index (χ2n) is 6.59. The fourth-order valence-electron chi connectivity index (χ4n) is 3.28. The van der Waals surface area contributed by atoms with Gasteiger partial charge in [-0.1, -0.05) is 31.9 Å². The van der Waals surface area contributed by atoms with Gasteiger partial charge in [0.25, 0.3) is 5.91 Å². The third-order valence-corrected chi connectivity index (χ3v) is 5.70. The van der Waals surface area contributed by atoms with E-state index in [4.69, 9.17) is 0 Å². The Balaban J connectivity index is 1.73. The molecule has 1 heterocycles. The van der Waals surface area contributed by atoms with Crippen LogP contribution in [0.4, 0.5) is 4.39 Å². The van der Waals surface area contributed by atoms with Crippen LogP contribution >= 0.6 is 31.9 Å². The highest BCUT2D eigenvalue weighted by atomic mass is 79.9. The van der Waals surface area contributed by atoms with Crippen molar-refractivity contribution in [3.8, 4) is 0 Å². The van der Waals surface area contributed by atoms with Crippen LogP contribution in [0, 0.1) is 5.82 Å². The molecule has 0 N–H and O–H groups in total. The maximum atomic E-state index is 14.0. The van der Waals surface area contributed by atoms with Crippen molar-refractivity contribution >= 4 is 43.7 Å². The molecule has 1 fully saturated rings. The van der Waals surface area contributed by atoms with Gasteiger partial charge in [-0.25, -0.2) is 4.39 Å². The highest BCUT2D eigenvalue weighted by Gasteiger charge is 2.36. The van der Waals surface area contributed by atoms with Gasteiger partial charge >= 0.3 is 0 Å². The van der Waals surface area contributed by atoms with E-state index < -0.39 is 6.04 Å². The minimum absolute atomic E-state index is 0.152. The third-order valence-electron chi connectivity index (χ3n) is 4.68. The molecule has 0 radical (unpaired) electrons. The van der Waals surface area contributed by atoms with Crippen molar-refractivity contribution in [2.45, 2.75) is 25.4 Å². The van der Waals surface area contributed by atoms with Gasteiger partial charge in [-0.15, -0.1) is 0 Å². The first-order valence-electron chi connectivity index (χ1n) is 8.62. The maximum absolute atomic E-state index is 14.0.